The van der Waals surface area contributed by atoms with Gasteiger partial charge in [-0.15, -0.1) is 0 Å². The number of nitrogens with one attached hydrogen (secondary N) is 2. The van der Waals surface area contributed by atoms with Gasteiger partial charge in [-0.1, -0.05) is 0 Å². The quantitative estimate of drug-likeness (QED) is 0.437. The summed E-state index contributed by atoms with van der Waals surface area (Å²) in [6.45, 7) is 3.73. The van der Waals surface area contributed by atoms with E-state index in [0.717, 1.165) is 6.92 Å². The van der Waals surface area contributed by atoms with Gasteiger partial charge in [0.05, 0.1) is 12.9 Å². The number of likely N-dealkylation sites (N-methyl/N-ethyl adjacent to an activating group) is 1. The first-order valence-corrected chi connectivity index (χ1v) is 10.3. The van der Waals surface area contributed by atoms with Gasteiger partial charge >= 0.3 is 0 Å². The molecule has 0 aliphatic carbocycles. The lowest BCUT2D eigenvalue weighted by Crippen LogP contribution is -2.41. The number of ether oxygens (including phenoxy) is 3. The summed E-state index contributed by atoms with van der Waals surface area (Å²) < 4.78 is 46.4. The summed E-state index contributed by atoms with van der Waals surface area (Å²) in [5.74, 6) is -3.97. The van der Waals surface area contributed by atoms with Gasteiger partial charge in [0.15, 0.2) is 38.9 Å². The molecular weight excluding hydrogens is 517 g/mol. The molecule has 2 fully saturated rings. The number of fused-ring (bicyclic) bond motifs is 2. The number of halogens is 3. The normalized spacial score (nSPS) is 28.0. The summed E-state index contributed by atoms with van der Waals surface area (Å²) >= 11 is 1.90. The average Bonchev–Trinajstić information content (AvgIpc) is 3.28. The first-order valence-electron chi connectivity index (χ1n) is 9.23. The number of rotatable bonds is 5. The summed E-state index contributed by atoms with van der Waals surface area (Å²) in [6.07, 6.45) is -1.40. The molecule has 0 bridgehead atoms. The smallest absolute Gasteiger partial charge is 0.262 e. The fraction of sp³-hybridized carbons (Fsp3) is 0.647. The Morgan fingerprint density at radius 1 is 1.33 bits per heavy atom. The van der Waals surface area contributed by atoms with E-state index in [1.54, 1.807) is 18.4 Å². The van der Waals surface area contributed by atoms with Crippen LogP contribution in [0.3, 0.4) is 0 Å². The molecule has 4 atom stereocenters. The topological polar surface area (TPSA) is 112 Å². The van der Waals surface area contributed by atoms with Crippen LogP contribution in [0, 0.1) is 3.83 Å². The first-order chi connectivity index (χ1) is 14.0. The monoisotopic (exact) mass is 538 g/mol. The van der Waals surface area contributed by atoms with Crippen molar-refractivity contribution in [3.05, 3.63) is 10.2 Å². The van der Waals surface area contributed by atoms with Crippen molar-refractivity contribution >= 4 is 45.5 Å². The van der Waals surface area contributed by atoms with E-state index >= 15 is 0 Å². The Labute approximate surface area is 184 Å². The number of hydrogen-bond donors (Lipinski definition) is 2. The minimum Gasteiger partial charge on any atom is -0.362 e. The maximum Gasteiger partial charge on any atom is 0.262 e. The maximum absolute atomic E-state index is 13.3. The lowest BCUT2D eigenvalue weighted by molar-refractivity contribution is -0.197. The molecule has 0 unspecified atom stereocenters. The molecule has 164 valence electrons. The van der Waals surface area contributed by atoms with Crippen LogP contribution in [0.4, 0.5) is 14.6 Å². The number of aromatic nitrogens is 4. The van der Waals surface area contributed by atoms with E-state index in [9.17, 15) is 13.6 Å². The maximum atomic E-state index is 13.3. The Morgan fingerprint density at radius 2 is 2.03 bits per heavy atom. The number of nitrogens with zero attached hydrogens (tertiary/aromatic N) is 4. The number of hydrogen-bond acceptors (Lipinski definition) is 8. The van der Waals surface area contributed by atoms with E-state index in [2.05, 4.69) is 25.6 Å². The number of amides is 1. The van der Waals surface area contributed by atoms with Gasteiger partial charge in [-0.05, 0) is 13.8 Å². The molecular formula is C17H21F2IN6O4. The highest BCUT2D eigenvalue weighted by atomic mass is 127. The number of imidazole rings is 1. The highest BCUT2D eigenvalue weighted by molar-refractivity contribution is 14.1. The van der Waals surface area contributed by atoms with Crippen LogP contribution >= 0.6 is 22.6 Å². The predicted octanol–water partition coefficient (Wildman–Crippen LogP) is 1.66. The van der Waals surface area contributed by atoms with E-state index in [0.29, 0.717) is 15.0 Å². The summed E-state index contributed by atoms with van der Waals surface area (Å²) in [5.41, 5.74) is 0.673. The summed E-state index contributed by atoms with van der Waals surface area (Å²) in [4.78, 5) is 25.2. The molecule has 4 rings (SSSR count). The number of carbonyl (C=O) groups excluding carboxylic acids is 1. The van der Waals surface area contributed by atoms with Crippen LogP contribution in [0.5, 0.6) is 0 Å². The second-order valence-electron chi connectivity index (χ2n) is 7.72. The fourth-order valence-electron chi connectivity index (χ4n) is 3.59. The number of carbonyl (C=O) groups is 1. The Bertz CT molecular complexity index is 981. The molecule has 2 aromatic rings. The van der Waals surface area contributed by atoms with Crippen LogP contribution in [0.25, 0.3) is 11.2 Å². The Morgan fingerprint density at radius 3 is 2.70 bits per heavy atom. The fourth-order valence-corrected chi connectivity index (χ4v) is 4.06. The molecule has 0 radical (unpaired) electrons. The summed E-state index contributed by atoms with van der Waals surface area (Å²) in [6, 6.07) is 0. The Hall–Kier alpha value is -1.71. The lowest BCUT2D eigenvalue weighted by Gasteiger charge is -2.24. The van der Waals surface area contributed by atoms with E-state index in [4.69, 9.17) is 14.2 Å². The van der Waals surface area contributed by atoms with Crippen molar-refractivity contribution in [2.45, 2.75) is 57.0 Å². The molecule has 13 heteroatoms. The van der Waals surface area contributed by atoms with Crippen molar-refractivity contribution < 1.29 is 27.8 Å². The molecule has 2 saturated heterocycles. The minimum atomic E-state index is -2.92. The van der Waals surface area contributed by atoms with E-state index in [1.165, 1.54) is 13.4 Å². The molecule has 0 saturated carbocycles. The molecule has 30 heavy (non-hydrogen) atoms. The van der Waals surface area contributed by atoms with Gasteiger partial charge < -0.3 is 24.8 Å². The van der Waals surface area contributed by atoms with Crippen LogP contribution in [0.1, 0.15) is 27.0 Å². The largest absolute Gasteiger partial charge is 0.362 e. The molecule has 0 aromatic carbocycles. The minimum absolute atomic E-state index is 0.186. The van der Waals surface area contributed by atoms with Crippen LogP contribution < -0.4 is 10.6 Å². The molecule has 4 heterocycles. The SMILES string of the molecule is CNC(=O)[C@H]1O[C@@H](n2cnc3c(NCC(C)(F)F)nc(I)nc32)[C@@H]2OC(C)(C)O[C@@H]21. The van der Waals surface area contributed by atoms with Gasteiger partial charge in [-0.3, -0.25) is 9.36 Å². The van der Waals surface area contributed by atoms with Crippen molar-refractivity contribution in [2.24, 2.45) is 0 Å². The third-order valence-electron chi connectivity index (χ3n) is 4.77. The second-order valence-corrected chi connectivity index (χ2v) is 8.68. The Balaban J connectivity index is 1.72. The van der Waals surface area contributed by atoms with E-state index in [-0.39, 0.29) is 11.7 Å². The molecule has 10 nitrogen and oxygen atoms in total. The molecule has 2 aliphatic heterocycles. The molecule has 2 aromatic heterocycles. The zero-order valence-electron chi connectivity index (χ0n) is 16.6. The molecule has 2 N–H and O–H groups in total. The van der Waals surface area contributed by atoms with Crippen molar-refractivity contribution in [1.29, 1.82) is 0 Å². The van der Waals surface area contributed by atoms with Crippen LogP contribution in [0.2, 0.25) is 0 Å². The Kier molecular flexibility index (Phi) is 5.35. The van der Waals surface area contributed by atoms with Crippen molar-refractivity contribution in [1.82, 2.24) is 24.8 Å². The highest BCUT2D eigenvalue weighted by Crippen LogP contribution is 2.44. The predicted molar refractivity (Wildman–Crippen MR) is 109 cm³/mol. The average molecular weight is 538 g/mol. The molecule has 0 spiro atoms. The van der Waals surface area contributed by atoms with Gasteiger partial charge in [0, 0.05) is 36.6 Å². The van der Waals surface area contributed by atoms with Crippen LogP contribution in [-0.4, -0.2) is 69.0 Å². The summed E-state index contributed by atoms with van der Waals surface area (Å²) in [7, 11) is 1.51. The van der Waals surface area contributed by atoms with Crippen molar-refractivity contribution in [2.75, 3.05) is 18.9 Å². The van der Waals surface area contributed by atoms with Crippen LogP contribution in [0.15, 0.2) is 6.33 Å². The number of alkyl halides is 2. The van der Waals surface area contributed by atoms with Crippen LogP contribution in [-0.2, 0) is 19.0 Å². The molecule has 2 aliphatic rings. The standard InChI is InChI=1S/C17H21F2IN6O4/c1-16(2)29-8-9(13(27)21-4)28-14(10(8)30-16)26-6-23-7-11(22-5-17(3,18)19)24-15(20)25-12(7)26/h6,8-10,14H,5H2,1-4H3,(H,21,27)(H,22,24,25)/t8-,9+,10-,14-/m1/s1. The highest BCUT2D eigenvalue weighted by Gasteiger charge is 2.58. The number of anilines is 1. The van der Waals surface area contributed by atoms with E-state index < -0.39 is 42.8 Å². The third-order valence-corrected chi connectivity index (χ3v) is 5.25. The van der Waals surface area contributed by atoms with Crippen molar-refractivity contribution in [3.63, 3.8) is 0 Å². The zero-order chi connectivity index (χ0) is 21.8. The van der Waals surface area contributed by atoms with Gasteiger partial charge in [-0.25, -0.2) is 23.7 Å². The third kappa shape index (κ3) is 3.94. The van der Waals surface area contributed by atoms with Gasteiger partial charge in [0.25, 0.3) is 11.8 Å². The first kappa shape index (κ1) is 21.5. The van der Waals surface area contributed by atoms with Gasteiger partial charge in [0.1, 0.15) is 12.2 Å². The lowest BCUT2D eigenvalue weighted by atomic mass is 10.1. The molecule has 1 amide bonds. The zero-order valence-corrected chi connectivity index (χ0v) is 18.8. The van der Waals surface area contributed by atoms with Gasteiger partial charge in [-0.2, -0.15) is 0 Å². The summed E-state index contributed by atoms with van der Waals surface area (Å²) in [5, 5.41) is 5.19. The van der Waals surface area contributed by atoms with Gasteiger partial charge in [0.2, 0.25) is 0 Å². The van der Waals surface area contributed by atoms with Crippen molar-refractivity contribution in [3.8, 4) is 0 Å². The van der Waals surface area contributed by atoms with E-state index in [1.807, 2.05) is 22.6 Å². The second kappa shape index (κ2) is 7.46.